The smallest absolute Gasteiger partial charge is 0.248 e. The van der Waals surface area contributed by atoms with Gasteiger partial charge in [-0.1, -0.05) is 18.2 Å². The summed E-state index contributed by atoms with van der Waals surface area (Å²) in [6, 6.07) is 8.32. The number of H-pyrrole nitrogens is 1. The minimum atomic E-state index is -0.377. The number of aromatic amines is 1. The molecule has 1 amide bonds. The Labute approximate surface area is 112 Å². The fourth-order valence-electron chi connectivity index (χ4n) is 2.97. The molecule has 0 aliphatic carbocycles. The van der Waals surface area contributed by atoms with Crippen LogP contribution in [-0.2, 0) is 4.79 Å². The van der Waals surface area contributed by atoms with E-state index in [1.807, 2.05) is 6.07 Å². The van der Waals surface area contributed by atoms with Crippen LogP contribution in [0.25, 0.3) is 10.9 Å². The Balaban J connectivity index is 1.77. The molecule has 2 aromatic rings. The van der Waals surface area contributed by atoms with Crippen LogP contribution in [0.4, 0.5) is 0 Å². The molecule has 1 aliphatic heterocycles. The van der Waals surface area contributed by atoms with Crippen molar-refractivity contribution in [2.24, 2.45) is 0 Å². The summed E-state index contributed by atoms with van der Waals surface area (Å²) in [6.07, 6.45) is 4.03. The van der Waals surface area contributed by atoms with Gasteiger partial charge in [0.15, 0.2) is 0 Å². The molecule has 0 bridgehead atoms. The number of aliphatic hydroxyl groups is 1. The summed E-state index contributed by atoms with van der Waals surface area (Å²) < 4.78 is 0. The summed E-state index contributed by atoms with van der Waals surface area (Å²) in [5.41, 5.74) is 2.53. The summed E-state index contributed by atoms with van der Waals surface area (Å²) in [5, 5.41) is 10.2. The Morgan fingerprint density at radius 1 is 1.32 bits per heavy atom. The van der Waals surface area contributed by atoms with Gasteiger partial charge in [0, 0.05) is 30.2 Å². The number of benzene rings is 1. The molecule has 0 saturated carbocycles. The third-order valence-corrected chi connectivity index (χ3v) is 4.04. The van der Waals surface area contributed by atoms with Gasteiger partial charge in [-0.25, -0.2) is 0 Å². The van der Waals surface area contributed by atoms with Crippen LogP contribution in [0.2, 0.25) is 0 Å². The van der Waals surface area contributed by atoms with Crippen molar-refractivity contribution in [1.29, 1.82) is 0 Å². The molecule has 19 heavy (non-hydrogen) atoms. The highest BCUT2D eigenvalue weighted by atomic mass is 16.3. The monoisotopic (exact) mass is 258 g/mol. The summed E-state index contributed by atoms with van der Waals surface area (Å²) in [4.78, 5) is 16.5. The molecule has 1 aromatic carbocycles. The van der Waals surface area contributed by atoms with E-state index in [1.165, 1.54) is 16.5 Å². The number of nitrogens with zero attached hydrogens (tertiary/aromatic N) is 1. The first-order valence-electron chi connectivity index (χ1n) is 6.74. The van der Waals surface area contributed by atoms with E-state index in [4.69, 9.17) is 5.11 Å². The highest BCUT2D eigenvalue weighted by molar-refractivity contribution is 5.83. The Kier molecular flexibility index (Phi) is 3.25. The molecular weight excluding hydrogens is 240 g/mol. The molecule has 0 atom stereocenters. The number of rotatable bonds is 2. The van der Waals surface area contributed by atoms with Crippen LogP contribution in [0, 0.1) is 0 Å². The fourth-order valence-corrected chi connectivity index (χ4v) is 2.97. The Morgan fingerprint density at radius 3 is 2.79 bits per heavy atom. The lowest BCUT2D eigenvalue weighted by Gasteiger charge is -2.31. The number of nitrogens with one attached hydrogen (secondary N) is 1. The third-order valence-electron chi connectivity index (χ3n) is 4.04. The predicted molar refractivity (Wildman–Crippen MR) is 73.9 cm³/mol. The summed E-state index contributed by atoms with van der Waals surface area (Å²) in [7, 11) is 0. The molecule has 0 radical (unpaired) electrons. The SMILES string of the molecule is O=C(CO)N1CCC(c2c[nH]c3ccccc23)CC1. The van der Waals surface area contributed by atoms with Gasteiger partial charge in [-0.15, -0.1) is 0 Å². The van der Waals surface area contributed by atoms with E-state index >= 15 is 0 Å². The minimum absolute atomic E-state index is 0.155. The van der Waals surface area contributed by atoms with Crippen molar-refractivity contribution in [3.8, 4) is 0 Å². The van der Waals surface area contributed by atoms with Crippen molar-refractivity contribution in [2.75, 3.05) is 19.7 Å². The Hall–Kier alpha value is -1.81. The topological polar surface area (TPSA) is 56.3 Å². The van der Waals surface area contributed by atoms with Gasteiger partial charge in [0.05, 0.1) is 0 Å². The first-order chi connectivity index (χ1) is 9.29. The van der Waals surface area contributed by atoms with Gasteiger partial charge in [-0.2, -0.15) is 0 Å². The van der Waals surface area contributed by atoms with E-state index in [0.717, 1.165) is 25.9 Å². The number of para-hydroxylation sites is 1. The zero-order chi connectivity index (χ0) is 13.2. The second kappa shape index (κ2) is 5.05. The highest BCUT2D eigenvalue weighted by Crippen LogP contribution is 2.32. The summed E-state index contributed by atoms with van der Waals surface area (Å²) in [5.74, 6) is 0.344. The quantitative estimate of drug-likeness (QED) is 0.864. The van der Waals surface area contributed by atoms with Crippen LogP contribution in [0.5, 0.6) is 0 Å². The first-order valence-corrected chi connectivity index (χ1v) is 6.74. The van der Waals surface area contributed by atoms with Gasteiger partial charge in [0.25, 0.3) is 0 Å². The van der Waals surface area contributed by atoms with Crippen LogP contribution >= 0.6 is 0 Å². The average Bonchev–Trinajstić information content (AvgIpc) is 2.90. The number of hydrogen-bond donors (Lipinski definition) is 2. The molecule has 4 nitrogen and oxygen atoms in total. The number of piperidine rings is 1. The standard InChI is InChI=1S/C15H18N2O2/c18-10-15(19)17-7-5-11(6-8-17)13-9-16-14-4-2-1-3-12(13)14/h1-4,9,11,16,18H,5-8,10H2. The second-order valence-electron chi connectivity index (χ2n) is 5.10. The summed E-state index contributed by atoms with van der Waals surface area (Å²) in [6.45, 7) is 1.10. The molecule has 100 valence electrons. The zero-order valence-electron chi connectivity index (χ0n) is 10.8. The van der Waals surface area contributed by atoms with Crippen LogP contribution in [0.15, 0.2) is 30.5 Å². The van der Waals surface area contributed by atoms with Crippen molar-refractivity contribution < 1.29 is 9.90 Å². The number of fused-ring (bicyclic) bond motifs is 1. The number of aromatic nitrogens is 1. The number of carbonyl (C=O) groups is 1. The number of hydrogen-bond acceptors (Lipinski definition) is 2. The van der Waals surface area contributed by atoms with Gasteiger partial charge in [0.2, 0.25) is 5.91 Å². The lowest BCUT2D eigenvalue weighted by Crippen LogP contribution is -2.39. The molecule has 0 unspecified atom stereocenters. The van der Waals surface area contributed by atoms with Gasteiger partial charge in [-0.3, -0.25) is 4.79 Å². The molecule has 1 aromatic heterocycles. The maximum Gasteiger partial charge on any atom is 0.248 e. The Morgan fingerprint density at radius 2 is 2.05 bits per heavy atom. The molecule has 1 fully saturated rings. The van der Waals surface area contributed by atoms with Gasteiger partial charge in [-0.05, 0) is 30.4 Å². The van der Waals surface area contributed by atoms with E-state index in [1.54, 1.807) is 4.90 Å². The van der Waals surface area contributed by atoms with E-state index in [-0.39, 0.29) is 12.5 Å². The second-order valence-corrected chi connectivity index (χ2v) is 5.10. The average molecular weight is 258 g/mol. The van der Waals surface area contributed by atoms with E-state index in [0.29, 0.717) is 5.92 Å². The number of carbonyl (C=O) groups excluding carboxylic acids is 1. The molecule has 3 rings (SSSR count). The molecular formula is C15H18N2O2. The van der Waals surface area contributed by atoms with Crippen molar-refractivity contribution >= 4 is 16.8 Å². The maximum absolute atomic E-state index is 11.4. The van der Waals surface area contributed by atoms with Crippen LogP contribution in [-0.4, -0.2) is 40.6 Å². The van der Waals surface area contributed by atoms with Crippen LogP contribution in [0.1, 0.15) is 24.3 Å². The van der Waals surface area contributed by atoms with Crippen molar-refractivity contribution in [1.82, 2.24) is 9.88 Å². The maximum atomic E-state index is 11.4. The van der Waals surface area contributed by atoms with Gasteiger partial charge < -0.3 is 15.0 Å². The number of aliphatic hydroxyl groups excluding tert-OH is 1. The molecule has 2 N–H and O–H groups in total. The lowest BCUT2D eigenvalue weighted by molar-refractivity contribution is -0.135. The molecule has 0 spiro atoms. The van der Waals surface area contributed by atoms with Crippen LogP contribution in [0.3, 0.4) is 0 Å². The van der Waals surface area contributed by atoms with Crippen molar-refractivity contribution in [3.05, 3.63) is 36.0 Å². The number of amides is 1. The van der Waals surface area contributed by atoms with Crippen molar-refractivity contribution in [2.45, 2.75) is 18.8 Å². The van der Waals surface area contributed by atoms with E-state index in [9.17, 15) is 4.79 Å². The predicted octanol–water partition coefficient (Wildman–Crippen LogP) is 1.87. The highest BCUT2D eigenvalue weighted by Gasteiger charge is 2.24. The summed E-state index contributed by atoms with van der Waals surface area (Å²) >= 11 is 0. The first kappa shape index (κ1) is 12.2. The molecule has 4 heteroatoms. The fraction of sp³-hybridized carbons (Fsp3) is 0.400. The minimum Gasteiger partial charge on any atom is -0.387 e. The normalized spacial score (nSPS) is 17.0. The van der Waals surface area contributed by atoms with Crippen LogP contribution < -0.4 is 0 Å². The largest absolute Gasteiger partial charge is 0.387 e. The van der Waals surface area contributed by atoms with E-state index < -0.39 is 0 Å². The number of likely N-dealkylation sites (tertiary alicyclic amines) is 1. The van der Waals surface area contributed by atoms with E-state index in [2.05, 4.69) is 29.4 Å². The van der Waals surface area contributed by atoms with Crippen molar-refractivity contribution in [3.63, 3.8) is 0 Å². The van der Waals surface area contributed by atoms with Gasteiger partial charge in [0.1, 0.15) is 6.61 Å². The zero-order valence-corrected chi connectivity index (χ0v) is 10.8. The van der Waals surface area contributed by atoms with Gasteiger partial charge >= 0.3 is 0 Å². The molecule has 1 saturated heterocycles. The third kappa shape index (κ3) is 2.24. The molecule has 1 aliphatic rings. The molecule has 2 heterocycles. The Bertz CT molecular complexity index is 583. The lowest BCUT2D eigenvalue weighted by atomic mass is 9.89.